The minimum atomic E-state index is 0.747. The molecule has 104 valence electrons. The lowest BCUT2D eigenvalue weighted by Crippen LogP contribution is -1.96. The molecule has 2 aromatic heterocycles. The summed E-state index contributed by atoms with van der Waals surface area (Å²) in [5.74, 6) is 2.80. The molecule has 0 fully saturated rings. The number of nitrogens with two attached hydrogens (primary N) is 1. The van der Waals surface area contributed by atoms with Gasteiger partial charge in [-0.15, -0.1) is 10.2 Å². The Morgan fingerprint density at radius 1 is 1.35 bits per heavy atom. The van der Waals surface area contributed by atoms with Gasteiger partial charge < -0.3 is 15.3 Å². The molecule has 0 radical (unpaired) electrons. The first-order valence-corrected chi connectivity index (χ1v) is 7.35. The van der Waals surface area contributed by atoms with Crippen molar-refractivity contribution in [2.24, 2.45) is 7.05 Å². The van der Waals surface area contributed by atoms with Crippen molar-refractivity contribution >= 4 is 28.5 Å². The van der Waals surface area contributed by atoms with Gasteiger partial charge in [-0.1, -0.05) is 11.8 Å². The Kier molecular flexibility index (Phi) is 3.35. The van der Waals surface area contributed by atoms with Crippen LogP contribution in [-0.2, 0) is 13.5 Å². The largest absolute Gasteiger partial charge is 0.399 e. The second kappa shape index (κ2) is 5.16. The van der Waals surface area contributed by atoms with Crippen molar-refractivity contribution in [1.29, 1.82) is 0 Å². The van der Waals surface area contributed by atoms with Crippen molar-refractivity contribution in [3.63, 3.8) is 0 Å². The second-order valence-corrected chi connectivity index (χ2v) is 5.71. The molecule has 6 nitrogen and oxygen atoms in total. The van der Waals surface area contributed by atoms with Crippen molar-refractivity contribution in [2.75, 3.05) is 11.5 Å². The summed E-state index contributed by atoms with van der Waals surface area (Å²) in [7, 11) is 1.97. The van der Waals surface area contributed by atoms with E-state index in [-0.39, 0.29) is 0 Å². The molecule has 0 aliphatic carbocycles. The van der Waals surface area contributed by atoms with Crippen LogP contribution >= 0.6 is 11.8 Å². The quantitative estimate of drug-likeness (QED) is 0.566. The lowest BCUT2D eigenvalue weighted by molar-refractivity contribution is 0.765. The third kappa shape index (κ3) is 2.49. The molecule has 0 saturated carbocycles. The van der Waals surface area contributed by atoms with E-state index in [2.05, 4.69) is 20.2 Å². The number of aryl methyl sites for hydroxylation is 2. The molecular formula is C13H16N6S. The maximum absolute atomic E-state index is 5.76. The van der Waals surface area contributed by atoms with Gasteiger partial charge in [0.25, 0.3) is 0 Å². The van der Waals surface area contributed by atoms with E-state index in [0.717, 1.165) is 45.7 Å². The van der Waals surface area contributed by atoms with E-state index in [1.165, 1.54) is 0 Å². The number of aromatic nitrogens is 5. The minimum absolute atomic E-state index is 0.747. The number of H-pyrrole nitrogens is 1. The molecule has 0 atom stereocenters. The van der Waals surface area contributed by atoms with E-state index >= 15 is 0 Å². The molecule has 20 heavy (non-hydrogen) atoms. The lowest BCUT2D eigenvalue weighted by Gasteiger charge is -1.99. The molecule has 7 heteroatoms. The molecule has 0 bridgehead atoms. The van der Waals surface area contributed by atoms with Crippen molar-refractivity contribution in [3.8, 4) is 0 Å². The number of hydrogen-bond donors (Lipinski definition) is 2. The summed E-state index contributed by atoms with van der Waals surface area (Å²) in [5.41, 5.74) is 8.44. The van der Waals surface area contributed by atoms with Gasteiger partial charge in [0.2, 0.25) is 0 Å². The van der Waals surface area contributed by atoms with Gasteiger partial charge in [-0.3, -0.25) is 0 Å². The van der Waals surface area contributed by atoms with Crippen LogP contribution < -0.4 is 5.73 Å². The number of nitrogen functional groups attached to an aromatic ring is 1. The van der Waals surface area contributed by atoms with Crippen LogP contribution in [0.2, 0.25) is 0 Å². The normalized spacial score (nSPS) is 11.3. The molecule has 3 rings (SSSR count). The van der Waals surface area contributed by atoms with Gasteiger partial charge in [0.1, 0.15) is 11.6 Å². The Morgan fingerprint density at radius 3 is 2.95 bits per heavy atom. The predicted octanol–water partition coefficient (Wildman–Crippen LogP) is 1.92. The maximum Gasteiger partial charge on any atom is 0.190 e. The van der Waals surface area contributed by atoms with E-state index in [9.17, 15) is 0 Å². The summed E-state index contributed by atoms with van der Waals surface area (Å²) in [6, 6.07) is 5.71. The van der Waals surface area contributed by atoms with E-state index in [0.29, 0.717) is 0 Å². The van der Waals surface area contributed by atoms with Crippen LogP contribution in [0.25, 0.3) is 11.0 Å². The van der Waals surface area contributed by atoms with Gasteiger partial charge in [0, 0.05) is 24.9 Å². The molecule has 3 aromatic rings. The van der Waals surface area contributed by atoms with Gasteiger partial charge in [-0.25, -0.2) is 4.98 Å². The molecular weight excluding hydrogens is 272 g/mol. The number of rotatable bonds is 4. The number of fused-ring (bicyclic) bond motifs is 1. The van der Waals surface area contributed by atoms with E-state index in [1.807, 2.05) is 36.7 Å². The highest BCUT2D eigenvalue weighted by atomic mass is 32.2. The number of anilines is 1. The average Bonchev–Trinajstić information content (AvgIpc) is 2.96. The summed E-state index contributed by atoms with van der Waals surface area (Å²) in [5, 5.41) is 9.10. The highest BCUT2D eigenvalue weighted by Crippen LogP contribution is 2.18. The molecule has 0 unspecified atom stereocenters. The van der Waals surface area contributed by atoms with Crippen LogP contribution in [0.4, 0.5) is 5.69 Å². The first-order valence-electron chi connectivity index (χ1n) is 6.36. The molecule has 0 aliphatic heterocycles. The number of imidazole rings is 1. The maximum atomic E-state index is 5.76. The average molecular weight is 288 g/mol. The number of benzene rings is 1. The Morgan fingerprint density at radius 2 is 2.20 bits per heavy atom. The van der Waals surface area contributed by atoms with Crippen molar-refractivity contribution in [3.05, 3.63) is 29.8 Å². The lowest BCUT2D eigenvalue weighted by atomic mass is 10.3. The van der Waals surface area contributed by atoms with Crippen LogP contribution in [0.5, 0.6) is 0 Å². The van der Waals surface area contributed by atoms with Gasteiger partial charge >= 0.3 is 0 Å². The zero-order valence-corrected chi connectivity index (χ0v) is 12.2. The zero-order valence-electron chi connectivity index (χ0n) is 11.4. The highest BCUT2D eigenvalue weighted by molar-refractivity contribution is 7.99. The van der Waals surface area contributed by atoms with E-state index in [4.69, 9.17) is 5.73 Å². The number of nitrogens with zero attached hydrogens (tertiary/aromatic N) is 4. The number of nitrogens with one attached hydrogen (secondary N) is 1. The highest BCUT2D eigenvalue weighted by Gasteiger charge is 2.07. The SMILES string of the molecule is Cc1nnc(SCCc2nc3ccc(N)cc3[nH]2)n1C. The summed E-state index contributed by atoms with van der Waals surface area (Å²) in [6.45, 7) is 1.95. The fourth-order valence-electron chi connectivity index (χ4n) is 1.95. The number of hydrogen-bond acceptors (Lipinski definition) is 5. The summed E-state index contributed by atoms with van der Waals surface area (Å²) < 4.78 is 1.99. The summed E-state index contributed by atoms with van der Waals surface area (Å²) in [4.78, 5) is 7.84. The van der Waals surface area contributed by atoms with E-state index in [1.54, 1.807) is 11.8 Å². The van der Waals surface area contributed by atoms with Crippen molar-refractivity contribution in [2.45, 2.75) is 18.5 Å². The standard InChI is InChI=1S/C13H16N6S/c1-8-17-18-13(19(8)2)20-6-5-12-15-10-4-3-9(14)7-11(10)16-12/h3-4,7H,5-6,14H2,1-2H3,(H,15,16). The van der Waals surface area contributed by atoms with Crippen LogP contribution in [0, 0.1) is 6.92 Å². The Balaban J connectivity index is 1.66. The molecule has 1 aromatic carbocycles. The minimum Gasteiger partial charge on any atom is -0.399 e. The molecule has 0 saturated heterocycles. The van der Waals surface area contributed by atoms with Crippen LogP contribution in [-0.4, -0.2) is 30.5 Å². The third-order valence-corrected chi connectivity index (χ3v) is 4.20. The summed E-state index contributed by atoms with van der Waals surface area (Å²) >= 11 is 1.68. The van der Waals surface area contributed by atoms with Gasteiger partial charge in [-0.2, -0.15) is 0 Å². The van der Waals surface area contributed by atoms with Crippen LogP contribution in [0.15, 0.2) is 23.4 Å². The van der Waals surface area contributed by atoms with Crippen LogP contribution in [0.1, 0.15) is 11.6 Å². The zero-order chi connectivity index (χ0) is 14.1. The molecule has 0 amide bonds. The molecule has 3 N–H and O–H groups in total. The monoisotopic (exact) mass is 288 g/mol. The fraction of sp³-hybridized carbons (Fsp3) is 0.308. The third-order valence-electron chi connectivity index (χ3n) is 3.18. The van der Waals surface area contributed by atoms with Crippen molar-refractivity contribution < 1.29 is 0 Å². The van der Waals surface area contributed by atoms with Gasteiger partial charge in [-0.05, 0) is 25.1 Å². The Labute approximate surface area is 120 Å². The molecule has 0 spiro atoms. The Hall–Kier alpha value is -2.02. The topological polar surface area (TPSA) is 85.4 Å². The fourth-order valence-corrected chi connectivity index (χ4v) is 2.85. The Bertz CT molecular complexity index is 744. The predicted molar refractivity (Wildman–Crippen MR) is 80.7 cm³/mol. The van der Waals surface area contributed by atoms with E-state index < -0.39 is 0 Å². The first-order chi connectivity index (χ1) is 9.63. The second-order valence-electron chi connectivity index (χ2n) is 4.65. The molecule has 2 heterocycles. The number of aromatic amines is 1. The molecule has 0 aliphatic rings. The van der Waals surface area contributed by atoms with Crippen molar-refractivity contribution in [1.82, 2.24) is 24.7 Å². The van der Waals surface area contributed by atoms with Gasteiger partial charge in [0.15, 0.2) is 5.16 Å². The first kappa shape index (κ1) is 13.0. The van der Waals surface area contributed by atoms with Crippen LogP contribution in [0.3, 0.4) is 0 Å². The smallest absolute Gasteiger partial charge is 0.190 e. The van der Waals surface area contributed by atoms with Gasteiger partial charge in [0.05, 0.1) is 11.0 Å². The number of thioether (sulfide) groups is 1. The summed E-state index contributed by atoms with van der Waals surface area (Å²) in [6.07, 6.45) is 0.852.